The summed E-state index contributed by atoms with van der Waals surface area (Å²) < 4.78 is 37.2. The van der Waals surface area contributed by atoms with E-state index in [0.29, 0.717) is 0 Å². The molecule has 0 N–H and O–H groups in total. The number of carbonyl (C=O) groups is 2. The number of halogens is 2. The molecule has 0 aliphatic rings. The molecular formula is C21H35F2NO4. The Morgan fingerprint density at radius 3 is 2.00 bits per heavy atom. The van der Waals surface area contributed by atoms with Crippen molar-refractivity contribution in [1.82, 2.24) is 4.90 Å². The first-order chi connectivity index (χ1) is 13.4. The van der Waals surface area contributed by atoms with Gasteiger partial charge in [0.1, 0.15) is 0 Å². The minimum atomic E-state index is -3.64. The van der Waals surface area contributed by atoms with Gasteiger partial charge in [-0.05, 0) is 19.4 Å². The SMILES string of the molecule is CC.CC.CCOC(=O)CCN(Cc1ccccc1)CC(F)(F)C(=O)OCC. The van der Waals surface area contributed by atoms with Gasteiger partial charge in [0.2, 0.25) is 0 Å². The van der Waals surface area contributed by atoms with Crippen molar-refractivity contribution in [3.05, 3.63) is 35.9 Å². The molecule has 7 heteroatoms. The molecule has 0 unspecified atom stereocenters. The number of rotatable bonds is 10. The highest BCUT2D eigenvalue weighted by molar-refractivity contribution is 5.77. The Labute approximate surface area is 168 Å². The summed E-state index contributed by atoms with van der Waals surface area (Å²) in [6, 6.07) is 8.99. The Balaban J connectivity index is 0. The predicted molar refractivity (Wildman–Crippen MR) is 107 cm³/mol. The summed E-state index contributed by atoms with van der Waals surface area (Å²) in [5, 5.41) is 0. The summed E-state index contributed by atoms with van der Waals surface area (Å²) in [5.74, 6) is -5.66. The average Bonchev–Trinajstić information content (AvgIpc) is 2.70. The van der Waals surface area contributed by atoms with Gasteiger partial charge in [-0.15, -0.1) is 0 Å². The fraction of sp³-hybridized carbons (Fsp3) is 0.619. The number of hydrogen-bond donors (Lipinski definition) is 0. The van der Waals surface area contributed by atoms with Crippen molar-refractivity contribution in [2.75, 3.05) is 26.3 Å². The van der Waals surface area contributed by atoms with Crippen molar-refractivity contribution < 1.29 is 27.8 Å². The van der Waals surface area contributed by atoms with Gasteiger partial charge in [-0.25, -0.2) is 4.79 Å². The van der Waals surface area contributed by atoms with Crippen LogP contribution in [0.25, 0.3) is 0 Å². The van der Waals surface area contributed by atoms with Gasteiger partial charge in [0.15, 0.2) is 0 Å². The van der Waals surface area contributed by atoms with Crippen LogP contribution in [0.5, 0.6) is 0 Å². The van der Waals surface area contributed by atoms with Crippen molar-refractivity contribution in [2.45, 2.75) is 60.4 Å². The van der Waals surface area contributed by atoms with E-state index in [0.717, 1.165) is 5.56 Å². The van der Waals surface area contributed by atoms with Crippen LogP contribution in [0.4, 0.5) is 8.78 Å². The molecule has 28 heavy (non-hydrogen) atoms. The van der Waals surface area contributed by atoms with Gasteiger partial charge in [0, 0.05) is 13.1 Å². The van der Waals surface area contributed by atoms with Crippen LogP contribution in [0.3, 0.4) is 0 Å². The van der Waals surface area contributed by atoms with E-state index in [-0.39, 0.29) is 32.7 Å². The maximum Gasteiger partial charge on any atom is 0.378 e. The molecule has 0 atom stereocenters. The molecule has 0 saturated heterocycles. The Bertz CT molecular complexity index is 524. The van der Waals surface area contributed by atoms with Crippen molar-refractivity contribution in [2.24, 2.45) is 0 Å². The molecular weight excluding hydrogens is 368 g/mol. The van der Waals surface area contributed by atoms with E-state index in [2.05, 4.69) is 4.74 Å². The van der Waals surface area contributed by atoms with E-state index in [1.807, 2.05) is 33.8 Å². The molecule has 1 aromatic rings. The summed E-state index contributed by atoms with van der Waals surface area (Å²) >= 11 is 0. The zero-order valence-electron chi connectivity index (χ0n) is 18.0. The van der Waals surface area contributed by atoms with Gasteiger partial charge in [0.25, 0.3) is 0 Å². The molecule has 162 valence electrons. The van der Waals surface area contributed by atoms with Crippen molar-refractivity contribution in [3.8, 4) is 0 Å². The van der Waals surface area contributed by atoms with E-state index >= 15 is 0 Å². The van der Waals surface area contributed by atoms with Gasteiger partial charge in [0.05, 0.1) is 26.2 Å². The number of hydrogen-bond acceptors (Lipinski definition) is 5. The van der Waals surface area contributed by atoms with Crippen molar-refractivity contribution in [3.63, 3.8) is 0 Å². The summed E-state index contributed by atoms with van der Waals surface area (Å²) in [5.41, 5.74) is 0.806. The summed E-state index contributed by atoms with van der Waals surface area (Å²) in [7, 11) is 0. The van der Waals surface area contributed by atoms with Crippen LogP contribution in [0.1, 0.15) is 53.5 Å². The van der Waals surface area contributed by atoms with Crippen molar-refractivity contribution >= 4 is 11.9 Å². The zero-order valence-corrected chi connectivity index (χ0v) is 18.0. The molecule has 0 fully saturated rings. The number of carbonyl (C=O) groups excluding carboxylic acids is 2. The van der Waals surface area contributed by atoms with Gasteiger partial charge >= 0.3 is 17.9 Å². The Kier molecular flexibility index (Phi) is 17.2. The molecule has 0 aliphatic heterocycles. The van der Waals surface area contributed by atoms with Crippen LogP contribution in [-0.2, 0) is 25.6 Å². The summed E-state index contributed by atoms with van der Waals surface area (Å²) in [6.07, 6.45) is -0.0282. The molecule has 0 radical (unpaired) electrons. The molecule has 0 amide bonds. The van der Waals surface area contributed by atoms with Crippen LogP contribution in [-0.4, -0.2) is 49.1 Å². The van der Waals surface area contributed by atoms with E-state index in [1.165, 1.54) is 11.8 Å². The quantitative estimate of drug-likeness (QED) is 0.531. The lowest BCUT2D eigenvalue weighted by molar-refractivity contribution is -0.174. The largest absolute Gasteiger partial charge is 0.466 e. The second-order valence-electron chi connectivity index (χ2n) is 5.18. The number of alkyl halides is 2. The Morgan fingerprint density at radius 2 is 1.50 bits per heavy atom. The van der Waals surface area contributed by atoms with E-state index in [9.17, 15) is 18.4 Å². The van der Waals surface area contributed by atoms with Crippen LogP contribution < -0.4 is 0 Å². The van der Waals surface area contributed by atoms with Gasteiger partial charge in [-0.1, -0.05) is 58.0 Å². The van der Waals surface area contributed by atoms with Crippen LogP contribution >= 0.6 is 0 Å². The standard InChI is InChI=1S/C17H23F2NO4.2C2H6/c1-3-23-15(21)10-11-20(12-14-8-6-5-7-9-14)13-17(18,19)16(22)24-4-2;2*1-2/h5-9H,3-4,10-13H2,1-2H3;2*1-2H3. The maximum atomic E-state index is 14.0. The number of nitrogens with zero attached hydrogens (tertiary/aromatic N) is 1. The van der Waals surface area contributed by atoms with E-state index in [1.54, 1.807) is 31.2 Å². The molecule has 1 aromatic carbocycles. The number of benzene rings is 1. The average molecular weight is 404 g/mol. The first-order valence-electron chi connectivity index (χ1n) is 9.86. The first kappa shape index (κ1) is 28.2. The molecule has 0 aromatic heterocycles. The minimum absolute atomic E-state index is 0.0282. The summed E-state index contributed by atoms with van der Waals surface area (Å²) in [6.45, 7) is 10.7. The fourth-order valence-electron chi connectivity index (χ4n) is 2.12. The molecule has 5 nitrogen and oxygen atoms in total. The molecule has 0 spiro atoms. The second-order valence-corrected chi connectivity index (χ2v) is 5.18. The predicted octanol–water partition coefficient (Wildman–Crippen LogP) is 4.69. The highest BCUT2D eigenvalue weighted by Gasteiger charge is 2.42. The molecule has 1 rings (SSSR count). The van der Waals surface area contributed by atoms with Gasteiger partial charge in [-0.3, -0.25) is 9.69 Å². The molecule has 0 saturated carbocycles. The van der Waals surface area contributed by atoms with Crippen molar-refractivity contribution in [1.29, 1.82) is 0 Å². The third kappa shape index (κ3) is 12.4. The molecule has 0 aliphatic carbocycles. The smallest absolute Gasteiger partial charge is 0.378 e. The Hall–Kier alpha value is -2.02. The Morgan fingerprint density at radius 1 is 0.964 bits per heavy atom. The maximum absolute atomic E-state index is 14.0. The van der Waals surface area contributed by atoms with Crippen LogP contribution in [0.15, 0.2) is 30.3 Å². The van der Waals surface area contributed by atoms with Gasteiger partial charge < -0.3 is 9.47 Å². The fourth-order valence-corrected chi connectivity index (χ4v) is 2.12. The lowest BCUT2D eigenvalue weighted by Gasteiger charge is -2.26. The highest BCUT2D eigenvalue weighted by Crippen LogP contribution is 2.19. The highest BCUT2D eigenvalue weighted by atomic mass is 19.3. The van der Waals surface area contributed by atoms with Crippen LogP contribution in [0, 0.1) is 0 Å². The monoisotopic (exact) mass is 403 g/mol. The second kappa shape index (κ2) is 17.1. The van der Waals surface area contributed by atoms with Crippen LogP contribution in [0.2, 0.25) is 0 Å². The number of esters is 2. The third-order valence-corrected chi connectivity index (χ3v) is 3.18. The van der Waals surface area contributed by atoms with Gasteiger partial charge in [-0.2, -0.15) is 8.78 Å². The van der Waals surface area contributed by atoms with E-state index < -0.39 is 24.4 Å². The minimum Gasteiger partial charge on any atom is -0.466 e. The number of ether oxygens (including phenoxy) is 2. The third-order valence-electron chi connectivity index (χ3n) is 3.18. The first-order valence-corrected chi connectivity index (χ1v) is 9.86. The topological polar surface area (TPSA) is 55.8 Å². The normalized spacial score (nSPS) is 10.2. The summed E-state index contributed by atoms with van der Waals surface area (Å²) in [4.78, 5) is 24.2. The molecule has 0 heterocycles. The lowest BCUT2D eigenvalue weighted by Crippen LogP contribution is -2.44. The lowest BCUT2D eigenvalue weighted by atomic mass is 10.2. The molecule has 0 bridgehead atoms. The van der Waals surface area contributed by atoms with E-state index in [4.69, 9.17) is 4.74 Å². The zero-order chi connectivity index (χ0) is 22.0.